The predicted molar refractivity (Wildman–Crippen MR) is 126 cm³/mol. The van der Waals surface area contributed by atoms with Gasteiger partial charge in [-0.05, 0) is 62.9 Å². The van der Waals surface area contributed by atoms with E-state index in [0.717, 1.165) is 37.1 Å². The minimum Gasteiger partial charge on any atom is -0.351 e. The molecule has 0 spiro atoms. The molecule has 0 saturated heterocycles. The Morgan fingerprint density at radius 2 is 2.09 bits per heavy atom. The van der Waals surface area contributed by atoms with Gasteiger partial charge in [0.25, 0.3) is 5.91 Å². The quantitative estimate of drug-likeness (QED) is 0.623. The number of fused-ring (bicyclic) bond motifs is 1. The molecule has 2 aromatic heterocycles. The highest BCUT2D eigenvalue weighted by atomic mass is 16.2. The van der Waals surface area contributed by atoms with Crippen molar-refractivity contribution in [2.75, 3.05) is 11.4 Å². The molecule has 0 fully saturated rings. The largest absolute Gasteiger partial charge is 0.351 e. The van der Waals surface area contributed by atoms with Crippen LogP contribution in [0.2, 0.25) is 0 Å². The van der Waals surface area contributed by atoms with Gasteiger partial charge in [0.15, 0.2) is 5.69 Å². The van der Waals surface area contributed by atoms with E-state index in [9.17, 15) is 10.1 Å². The fourth-order valence-corrected chi connectivity index (χ4v) is 4.53. The summed E-state index contributed by atoms with van der Waals surface area (Å²) in [6.45, 7) is 9.41. The normalized spacial score (nSPS) is 13.4. The lowest BCUT2D eigenvalue weighted by Crippen LogP contribution is -2.43. The van der Waals surface area contributed by atoms with Crippen molar-refractivity contribution in [3.63, 3.8) is 0 Å². The maximum absolute atomic E-state index is 12.9. The van der Waals surface area contributed by atoms with Gasteiger partial charge in [0.05, 0.1) is 16.9 Å². The van der Waals surface area contributed by atoms with Gasteiger partial charge in [-0.2, -0.15) is 5.26 Å². The Morgan fingerprint density at radius 1 is 1.27 bits per heavy atom. The van der Waals surface area contributed by atoms with Crippen molar-refractivity contribution in [2.45, 2.75) is 59.0 Å². The van der Waals surface area contributed by atoms with E-state index < -0.39 is 0 Å². The second-order valence-electron chi connectivity index (χ2n) is 9.10. The third kappa shape index (κ3) is 4.44. The number of nitriles is 1. The number of amides is 1. The lowest BCUT2D eigenvalue weighted by molar-refractivity contribution is 0.0903. The Hall–Kier alpha value is -3.73. The fraction of sp³-hybridized carbons (Fsp3) is 0.400. The number of benzene rings is 1. The molecule has 8 nitrogen and oxygen atoms in total. The molecule has 1 amide bonds. The summed E-state index contributed by atoms with van der Waals surface area (Å²) in [7, 11) is 0. The smallest absolute Gasteiger partial charge is 0.274 e. The number of hydrogen-bond acceptors (Lipinski definition) is 6. The summed E-state index contributed by atoms with van der Waals surface area (Å²) >= 11 is 0. The molecular weight excluding hydrogens is 414 g/mol. The molecule has 3 aromatic rings. The van der Waals surface area contributed by atoms with Gasteiger partial charge < -0.3 is 10.2 Å². The van der Waals surface area contributed by atoms with Crippen LogP contribution in [0.5, 0.6) is 0 Å². The first-order valence-electron chi connectivity index (χ1n) is 11.3. The molecule has 1 aromatic carbocycles. The van der Waals surface area contributed by atoms with Crippen molar-refractivity contribution in [3.05, 3.63) is 64.6 Å². The predicted octanol–water partition coefficient (Wildman–Crippen LogP) is 3.71. The highest BCUT2D eigenvalue weighted by Crippen LogP contribution is 2.29. The first kappa shape index (κ1) is 22.5. The van der Waals surface area contributed by atoms with Crippen molar-refractivity contribution in [2.24, 2.45) is 0 Å². The van der Waals surface area contributed by atoms with Crippen LogP contribution >= 0.6 is 0 Å². The number of carbonyl (C=O) groups is 1. The molecule has 3 heterocycles. The van der Waals surface area contributed by atoms with Gasteiger partial charge in [-0.1, -0.05) is 30.7 Å². The van der Waals surface area contributed by atoms with Crippen molar-refractivity contribution in [1.29, 1.82) is 5.26 Å². The Labute approximate surface area is 194 Å². The lowest BCUT2D eigenvalue weighted by Gasteiger charge is -2.31. The fourth-order valence-electron chi connectivity index (χ4n) is 4.53. The first-order valence-corrected chi connectivity index (χ1v) is 11.3. The second kappa shape index (κ2) is 9.02. The van der Waals surface area contributed by atoms with E-state index in [4.69, 9.17) is 0 Å². The van der Waals surface area contributed by atoms with Gasteiger partial charge in [0.1, 0.15) is 11.9 Å². The lowest BCUT2D eigenvalue weighted by atomic mass is 9.97. The molecule has 4 rings (SSSR count). The van der Waals surface area contributed by atoms with Crippen LogP contribution in [-0.2, 0) is 13.0 Å². The molecule has 0 aliphatic carbocycles. The third-order valence-corrected chi connectivity index (χ3v) is 6.11. The van der Waals surface area contributed by atoms with E-state index in [1.54, 1.807) is 23.0 Å². The van der Waals surface area contributed by atoms with E-state index in [-0.39, 0.29) is 11.4 Å². The average Bonchev–Trinajstić information content (AvgIpc) is 3.19. The van der Waals surface area contributed by atoms with E-state index in [1.807, 2.05) is 32.9 Å². The van der Waals surface area contributed by atoms with Gasteiger partial charge in [-0.25, -0.2) is 9.67 Å². The molecule has 0 bridgehead atoms. The summed E-state index contributed by atoms with van der Waals surface area (Å²) in [5.41, 5.74) is 4.60. The molecule has 0 saturated carbocycles. The minimum absolute atomic E-state index is 0.202. The maximum atomic E-state index is 12.9. The first-order chi connectivity index (χ1) is 15.8. The van der Waals surface area contributed by atoms with E-state index in [0.29, 0.717) is 29.3 Å². The van der Waals surface area contributed by atoms with Crippen LogP contribution in [0.1, 0.15) is 66.5 Å². The summed E-state index contributed by atoms with van der Waals surface area (Å²) in [6.07, 6.45) is 4.37. The molecule has 33 heavy (non-hydrogen) atoms. The number of rotatable bonds is 6. The van der Waals surface area contributed by atoms with Gasteiger partial charge in [0.2, 0.25) is 0 Å². The Bertz CT molecular complexity index is 1220. The maximum Gasteiger partial charge on any atom is 0.274 e. The number of pyridine rings is 1. The molecule has 8 heteroatoms. The van der Waals surface area contributed by atoms with Crippen LogP contribution in [-0.4, -0.2) is 38.0 Å². The Morgan fingerprint density at radius 3 is 2.85 bits per heavy atom. The van der Waals surface area contributed by atoms with E-state index >= 15 is 0 Å². The average molecular weight is 444 g/mol. The van der Waals surface area contributed by atoms with Crippen molar-refractivity contribution >= 4 is 11.7 Å². The Balaban J connectivity index is 1.62. The number of hydrogen-bond donors (Lipinski definition) is 1. The molecule has 1 aliphatic heterocycles. The number of nitrogens with one attached hydrogen (secondary N) is 1. The van der Waals surface area contributed by atoms with Crippen LogP contribution < -0.4 is 10.2 Å². The van der Waals surface area contributed by atoms with Gasteiger partial charge in [0, 0.05) is 24.8 Å². The van der Waals surface area contributed by atoms with Crippen LogP contribution in [0.15, 0.2) is 36.5 Å². The molecule has 0 radical (unpaired) electrons. The van der Waals surface area contributed by atoms with Crippen LogP contribution in [0.3, 0.4) is 0 Å². The second-order valence-corrected chi connectivity index (χ2v) is 9.10. The third-order valence-electron chi connectivity index (χ3n) is 6.11. The highest BCUT2D eigenvalue weighted by Gasteiger charge is 2.27. The molecule has 1 N–H and O–H groups in total. The number of aromatic nitrogens is 4. The van der Waals surface area contributed by atoms with Crippen LogP contribution in [0.25, 0.3) is 5.69 Å². The number of anilines is 1. The number of carbonyl (C=O) groups excluding carboxylic acids is 1. The SMILES string of the molecule is CCCC(C)(C)NC(=O)c1nnn(-c2cccc3c2CCN(c2ncccc2C#N)C3)c1C. The van der Waals surface area contributed by atoms with Crippen LogP contribution in [0, 0.1) is 18.3 Å². The molecule has 1 aliphatic rings. The van der Waals surface area contributed by atoms with Crippen molar-refractivity contribution in [1.82, 2.24) is 25.3 Å². The Kier molecular flexibility index (Phi) is 6.14. The summed E-state index contributed by atoms with van der Waals surface area (Å²) in [5, 5.41) is 21.1. The van der Waals surface area contributed by atoms with Crippen molar-refractivity contribution < 1.29 is 4.79 Å². The monoisotopic (exact) mass is 443 g/mol. The zero-order valence-corrected chi connectivity index (χ0v) is 19.6. The summed E-state index contributed by atoms with van der Waals surface area (Å²) in [5.74, 6) is 0.508. The summed E-state index contributed by atoms with van der Waals surface area (Å²) in [6, 6.07) is 11.9. The standard InChI is InChI=1S/C25H29N7O/c1-5-12-25(3,4)28-24(33)22-17(2)32(30-29-22)21-10-6-8-19-16-31(14-11-20(19)21)23-18(15-26)9-7-13-27-23/h6-10,13H,5,11-12,14,16H2,1-4H3,(H,28,33). The number of nitrogens with zero attached hydrogens (tertiary/aromatic N) is 6. The molecular formula is C25H29N7O. The minimum atomic E-state index is -0.300. The van der Waals surface area contributed by atoms with E-state index in [2.05, 4.69) is 44.6 Å². The molecule has 0 unspecified atom stereocenters. The van der Waals surface area contributed by atoms with Gasteiger partial charge >= 0.3 is 0 Å². The zero-order valence-electron chi connectivity index (χ0n) is 19.6. The van der Waals surface area contributed by atoms with Gasteiger partial charge in [-0.3, -0.25) is 4.79 Å². The zero-order chi connectivity index (χ0) is 23.6. The van der Waals surface area contributed by atoms with Gasteiger partial charge in [-0.15, -0.1) is 5.10 Å². The topological polar surface area (TPSA) is 99.7 Å². The van der Waals surface area contributed by atoms with Crippen molar-refractivity contribution in [3.8, 4) is 11.8 Å². The van der Waals surface area contributed by atoms with E-state index in [1.165, 1.54) is 5.56 Å². The van der Waals surface area contributed by atoms with Crippen LogP contribution in [0.4, 0.5) is 5.82 Å². The summed E-state index contributed by atoms with van der Waals surface area (Å²) in [4.78, 5) is 19.5. The highest BCUT2D eigenvalue weighted by molar-refractivity contribution is 5.93. The molecule has 170 valence electrons. The summed E-state index contributed by atoms with van der Waals surface area (Å²) < 4.78 is 1.76. The molecule has 0 atom stereocenters.